The van der Waals surface area contributed by atoms with E-state index in [1.807, 2.05) is 91.0 Å². The minimum atomic E-state index is -3.93. The topological polar surface area (TPSA) is 71.1 Å². The van der Waals surface area contributed by atoms with Crippen LogP contribution in [-0.2, 0) is 48.6 Å². The van der Waals surface area contributed by atoms with Crippen LogP contribution in [0.1, 0.15) is 16.7 Å². The molecule has 4 aromatic carbocycles. The van der Waals surface area contributed by atoms with E-state index in [1.54, 1.807) is 30.3 Å². The van der Waals surface area contributed by atoms with Gasteiger partial charge in [0, 0.05) is 0 Å². The largest absolute Gasteiger partial charge is 0.492 e. The zero-order chi connectivity index (χ0) is 27.6. The highest BCUT2D eigenvalue weighted by Crippen LogP contribution is 2.33. The van der Waals surface area contributed by atoms with Crippen molar-refractivity contribution in [3.8, 4) is 0 Å². The van der Waals surface area contributed by atoms with E-state index < -0.39 is 28.1 Å². The zero-order valence-corrected chi connectivity index (χ0v) is 22.9. The molecule has 3 atom stereocenters. The molecule has 6 nitrogen and oxygen atoms in total. The molecule has 0 aliphatic carbocycles. The van der Waals surface area contributed by atoms with Crippen LogP contribution in [0.2, 0.25) is 0 Å². The lowest BCUT2D eigenvalue weighted by atomic mass is 10.1. The van der Waals surface area contributed by atoms with E-state index in [-0.39, 0.29) is 29.6 Å². The minimum Gasteiger partial charge on any atom is -0.492 e. The second kappa shape index (κ2) is 13.5. The quantitative estimate of drug-likeness (QED) is 0.210. The van der Waals surface area contributed by atoms with E-state index in [0.717, 1.165) is 16.7 Å². The summed E-state index contributed by atoms with van der Waals surface area (Å²) in [4.78, 5) is 0.186. The summed E-state index contributed by atoms with van der Waals surface area (Å²) in [5.41, 5.74) is 2.90. The Morgan fingerprint density at radius 2 is 1.07 bits per heavy atom. The number of rotatable bonds is 12. The van der Waals surface area contributed by atoms with Gasteiger partial charge in [0.2, 0.25) is 9.84 Å². The van der Waals surface area contributed by atoms with Gasteiger partial charge in [-0.1, -0.05) is 109 Å². The fourth-order valence-electron chi connectivity index (χ4n) is 4.51. The van der Waals surface area contributed by atoms with Crippen LogP contribution in [-0.4, -0.2) is 33.3 Å². The molecule has 206 valence electrons. The Morgan fingerprint density at radius 1 is 0.600 bits per heavy atom. The van der Waals surface area contributed by atoms with Crippen LogP contribution < -0.4 is 0 Å². The number of hydrogen-bond acceptors (Lipinski definition) is 6. The van der Waals surface area contributed by atoms with E-state index in [1.165, 1.54) is 6.26 Å². The Bertz CT molecular complexity index is 1460. The summed E-state index contributed by atoms with van der Waals surface area (Å²) in [6.07, 6.45) is -0.967. The third-order valence-corrected chi connectivity index (χ3v) is 8.46. The Kier molecular flexibility index (Phi) is 9.42. The van der Waals surface area contributed by atoms with E-state index in [4.69, 9.17) is 18.9 Å². The SMILES string of the molecule is O=S(=O)(C1=CO[C@H](COCc2ccccc2)[C@@H](OCc2ccccc2)[C@@H]1OCc1ccccc1)c1ccccc1. The number of hydrogen-bond donors (Lipinski definition) is 0. The van der Waals surface area contributed by atoms with Crippen molar-refractivity contribution in [1.29, 1.82) is 0 Å². The molecule has 0 saturated heterocycles. The Hall–Kier alpha value is -3.75. The summed E-state index contributed by atoms with van der Waals surface area (Å²) < 4.78 is 52.5. The van der Waals surface area contributed by atoms with Crippen molar-refractivity contribution in [2.75, 3.05) is 6.61 Å². The number of ether oxygens (including phenoxy) is 4. The van der Waals surface area contributed by atoms with Gasteiger partial charge in [0.15, 0.2) is 6.10 Å². The first-order chi connectivity index (χ1) is 19.6. The average molecular weight is 557 g/mol. The van der Waals surface area contributed by atoms with Gasteiger partial charge in [-0.2, -0.15) is 0 Å². The molecule has 0 aromatic heterocycles. The summed E-state index contributed by atoms with van der Waals surface area (Å²) >= 11 is 0. The molecule has 0 spiro atoms. The van der Waals surface area contributed by atoms with Gasteiger partial charge in [-0.15, -0.1) is 0 Å². The summed E-state index contributed by atoms with van der Waals surface area (Å²) in [5.74, 6) is 0. The van der Waals surface area contributed by atoms with Gasteiger partial charge in [0.05, 0.1) is 31.3 Å². The zero-order valence-electron chi connectivity index (χ0n) is 22.0. The monoisotopic (exact) mass is 556 g/mol. The molecule has 1 aliphatic rings. The van der Waals surface area contributed by atoms with Crippen molar-refractivity contribution in [2.24, 2.45) is 0 Å². The van der Waals surface area contributed by atoms with Crippen molar-refractivity contribution >= 4 is 9.84 Å². The molecule has 0 N–H and O–H groups in total. The van der Waals surface area contributed by atoms with E-state index >= 15 is 0 Å². The molecule has 0 fully saturated rings. The summed E-state index contributed by atoms with van der Waals surface area (Å²) in [6.45, 7) is 1.04. The van der Waals surface area contributed by atoms with Gasteiger partial charge >= 0.3 is 0 Å². The molecular weight excluding hydrogens is 524 g/mol. The van der Waals surface area contributed by atoms with Crippen LogP contribution in [0.25, 0.3) is 0 Å². The second-order valence-electron chi connectivity index (χ2n) is 9.49. The Balaban J connectivity index is 1.44. The highest BCUT2D eigenvalue weighted by Gasteiger charge is 2.44. The van der Waals surface area contributed by atoms with E-state index in [9.17, 15) is 8.42 Å². The van der Waals surface area contributed by atoms with Gasteiger partial charge in [-0.25, -0.2) is 8.42 Å². The number of sulfone groups is 1. The lowest BCUT2D eigenvalue weighted by Crippen LogP contribution is -2.49. The molecule has 0 radical (unpaired) electrons. The first kappa shape index (κ1) is 27.8. The maximum atomic E-state index is 13.8. The predicted molar refractivity (Wildman–Crippen MR) is 153 cm³/mol. The van der Waals surface area contributed by atoms with Crippen LogP contribution >= 0.6 is 0 Å². The normalized spacial score (nSPS) is 19.0. The molecule has 5 rings (SSSR count). The van der Waals surface area contributed by atoms with Gasteiger partial charge in [0.1, 0.15) is 23.4 Å². The average Bonchev–Trinajstić information content (AvgIpc) is 3.01. The lowest BCUT2D eigenvalue weighted by Gasteiger charge is -2.37. The Labute approximate surface area is 235 Å². The molecule has 7 heteroatoms. The first-order valence-corrected chi connectivity index (χ1v) is 14.7. The number of benzene rings is 4. The summed E-state index contributed by atoms with van der Waals surface area (Å²) in [5, 5.41) is 0. The molecule has 1 heterocycles. The van der Waals surface area contributed by atoms with Crippen LogP contribution in [0.3, 0.4) is 0 Å². The maximum absolute atomic E-state index is 13.8. The fraction of sp³-hybridized carbons (Fsp3) is 0.212. The summed E-state index contributed by atoms with van der Waals surface area (Å²) in [7, 11) is -3.93. The van der Waals surface area contributed by atoms with Crippen molar-refractivity contribution in [3.05, 3.63) is 149 Å². The molecule has 1 aliphatic heterocycles. The maximum Gasteiger partial charge on any atom is 0.208 e. The van der Waals surface area contributed by atoms with Crippen LogP contribution in [0.15, 0.2) is 137 Å². The molecule has 4 aromatic rings. The summed E-state index contributed by atoms with van der Waals surface area (Å²) in [6, 6.07) is 37.5. The fourth-order valence-corrected chi connectivity index (χ4v) is 5.99. The standard InChI is InChI=1S/C33H32O6S/c34-40(35,29-19-11-4-12-20-29)31-25-37-30(24-36-21-26-13-5-1-6-14-26)32(38-22-27-15-7-2-8-16-27)33(31)39-23-28-17-9-3-10-18-28/h1-20,25,30,32-33H,21-24H2/t30-,32-,33-/m1/s1. The lowest BCUT2D eigenvalue weighted by molar-refractivity contribution is -0.149. The predicted octanol–water partition coefficient (Wildman–Crippen LogP) is 6.09. The van der Waals surface area contributed by atoms with Crippen molar-refractivity contribution in [2.45, 2.75) is 43.0 Å². The van der Waals surface area contributed by atoms with Crippen LogP contribution in [0, 0.1) is 0 Å². The Morgan fingerprint density at radius 3 is 1.62 bits per heavy atom. The molecular formula is C33H32O6S. The van der Waals surface area contributed by atoms with Crippen molar-refractivity contribution in [3.63, 3.8) is 0 Å². The molecule has 0 bridgehead atoms. The third kappa shape index (κ3) is 7.06. The van der Waals surface area contributed by atoms with Crippen molar-refractivity contribution in [1.82, 2.24) is 0 Å². The van der Waals surface area contributed by atoms with Gasteiger partial charge in [-0.3, -0.25) is 0 Å². The van der Waals surface area contributed by atoms with Gasteiger partial charge < -0.3 is 18.9 Å². The smallest absolute Gasteiger partial charge is 0.208 e. The van der Waals surface area contributed by atoms with Crippen LogP contribution in [0.5, 0.6) is 0 Å². The molecule has 0 amide bonds. The molecule has 0 saturated carbocycles. The highest BCUT2D eigenvalue weighted by molar-refractivity contribution is 7.95. The highest BCUT2D eigenvalue weighted by atomic mass is 32.2. The third-order valence-electron chi connectivity index (χ3n) is 6.62. The second-order valence-corrected chi connectivity index (χ2v) is 11.4. The van der Waals surface area contributed by atoms with E-state index in [2.05, 4.69) is 0 Å². The van der Waals surface area contributed by atoms with Gasteiger partial charge in [-0.05, 0) is 28.8 Å². The van der Waals surface area contributed by atoms with E-state index in [0.29, 0.717) is 6.61 Å². The molecule has 40 heavy (non-hydrogen) atoms. The first-order valence-electron chi connectivity index (χ1n) is 13.2. The van der Waals surface area contributed by atoms with Crippen molar-refractivity contribution < 1.29 is 27.4 Å². The van der Waals surface area contributed by atoms with Crippen LogP contribution in [0.4, 0.5) is 0 Å². The minimum absolute atomic E-state index is 0.0204. The molecule has 0 unspecified atom stereocenters. The van der Waals surface area contributed by atoms with Gasteiger partial charge in [0.25, 0.3) is 0 Å².